The number of nitrogens with zero attached hydrogens (tertiary/aromatic N) is 5. The minimum atomic E-state index is 0.0193. The lowest BCUT2D eigenvalue weighted by Gasteiger charge is -2.41. The average molecular weight is 538 g/mol. The second kappa shape index (κ2) is 12.1. The molecule has 0 aliphatic carbocycles. The summed E-state index contributed by atoms with van der Waals surface area (Å²) >= 11 is 1.46. The molecule has 0 spiro atoms. The van der Waals surface area contributed by atoms with E-state index >= 15 is 0 Å². The zero-order valence-electron chi connectivity index (χ0n) is 22.2. The molecule has 200 valence electrons. The van der Waals surface area contributed by atoms with E-state index in [1.54, 1.807) is 0 Å². The van der Waals surface area contributed by atoms with Crippen molar-refractivity contribution in [3.05, 3.63) is 114 Å². The van der Waals surface area contributed by atoms with Crippen LogP contribution in [0.15, 0.2) is 91.0 Å². The van der Waals surface area contributed by atoms with E-state index in [0.29, 0.717) is 5.91 Å². The maximum Gasteiger partial charge on any atom is 0.227 e. The number of carbonyl (C=O) groups excluding carboxylic acids is 1. The molecule has 2 saturated heterocycles. The van der Waals surface area contributed by atoms with E-state index < -0.39 is 0 Å². The molecule has 2 aliphatic heterocycles. The first-order valence-electron chi connectivity index (χ1n) is 14.0. The van der Waals surface area contributed by atoms with E-state index in [0.717, 1.165) is 69.5 Å². The van der Waals surface area contributed by atoms with Gasteiger partial charge in [0.1, 0.15) is 5.82 Å². The number of carbonyl (C=O) groups is 1. The molecule has 4 aromatic rings. The molecule has 1 aromatic heterocycles. The SMILES string of the molecule is O=C(C1CCCN(c2nc(Cc3ccccc3)ns2)C1)N1CCN(C(c2ccccc2)c2ccccc2)CC1. The largest absolute Gasteiger partial charge is 0.346 e. The third kappa shape index (κ3) is 6.05. The van der Waals surface area contributed by atoms with Crippen molar-refractivity contribution in [1.82, 2.24) is 19.2 Å². The summed E-state index contributed by atoms with van der Waals surface area (Å²) in [5, 5.41) is 0.941. The van der Waals surface area contributed by atoms with Crippen molar-refractivity contribution < 1.29 is 4.79 Å². The Morgan fingerprint density at radius 2 is 1.44 bits per heavy atom. The van der Waals surface area contributed by atoms with Crippen molar-refractivity contribution >= 4 is 22.6 Å². The van der Waals surface area contributed by atoms with Gasteiger partial charge < -0.3 is 9.80 Å². The van der Waals surface area contributed by atoms with E-state index in [2.05, 4.69) is 91.9 Å². The highest BCUT2D eigenvalue weighted by Gasteiger charge is 2.34. The summed E-state index contributed by atoms with van der Waals surface area (Å²) in [4.78, 5) is 25.4. The lowest BCUT2D eigenvalue weighted by molar-refractivity contribution is -0.137. The molecule has 2 fully saturated rings. The van der Waals surface area contributed by atoms with Crippen LogP contribution in [0.3, 0.4) is 0 Å². The maximum absolute atomic E-state index is 13.6. The van der Waals surface area contributed by atoms with E-state index in [1.807, 2.05) is 18.2 Å². The quantitative estimate of drug-likeness (QED) is 0.321. The summed E-state index contributed by atoms with van der Waals surface area (Å²) in [6.07, 6.45) is 2.70. The van der Waals surface area contributed by atoms with Gasteiger partial charge in [0.25, 0.3) is 0 Å². The van der Waals surface area contributed by atoms with Gasteiger partial charge in [-0.05, 0) is 29.5 Å². The van der Waals surface area contributed by atoms with Crippen LogP contribution in [0.4, 0.5) is 5.13 Å². The normalized spacial score (nSPS) is 18.4. The van der Waals surface area contributed by atoms with E-state index in [-0.39, 0.29) is 12.0 Å². The van der Waals surface area contributed by atoms with Crippen molar-refractivity contribution in [2.24, 2.45) is 5.92 Å². The minimum absolute atomic E-state index is 0.0193. The number of aromatic nitrogens is 2. The molecule has 2 aliphatic rings. The fourth-order valence-corrected chi connectivity index (χ4v) is 6.64. The number of anilines is 1. The van der Waals surface area contributed by atoms with Gasteiger partial charge >= 0.3 is 0 Å². The summed E-state index contributed by atoms with van der Waals surface area (Å²) in [5.74, 6) is 1.17. The zero-order valence-corrected chi connectivity index (χ0v) is 23.0. The number of hydrogen-bond acceptors (Lipinski definition) is 6. The first-order valence-corrected chi connectivity index (χ1v) is 14.8. The second-order valence-corrected chi connectivity index (χ2v) is 11.3. The van der Waals surface area contributed by atoms with Gasteiger partial charge in [-0.3, -0.25) is 9.69 Å². The molecule has 1 unspecified atom stereocenters. The van der Waals surface area contributed by atoms with E-state index in [1.165, 1.54) is 28.2 Å². The van der Waals surface area contributed by atoms with Gasteiger partial charge in [-0.15, -0.1) is 0 Å². The predicted octanol–water partition coefficient (Wildman–Crippen LogP) is 5.28. The molecular formula is C32H35N5OS. The molecule has 7 heteroatoms. The molecule has 39 heavy (non-hydrogen) atoms. The molecule has 0 saturated carbocycles. The van der Waals surface area contributed by atoms with Crippen LogP contribution >= 0.6 is 11.5 Å². The Labute approximate surface area is 235 Å². The molecule has 0 radical (unpaired) electrons. The second-order valence-electron chi connectivity index (χ2n) is 10.5. The van der Waals surface area contributed by atoms with Gasteiger partial charge in [-0.25, -0.2) is 4.98 Å². The van der Waals surface area contributed by atoms with Crippen LogP contribution in [0.2, 0.25) is 0 Å². The number of piperazine rings is 1. The van der Waals surface area contributed by atoms with Crippen LogP contribution in [-0.2, 0) is 11.2 Å². The Morgan fingerprint density at radius 3 is 2.08 bits per heavy atom. The van der Waals surface area contributed by atoms with Gasteiger partial charge in [0.15, 0.2) is 0 Å². The van der Waals surface area contributed by atoms with E-state index in [9.17, 15) is 4.79 Å². The van der Waals surface area contributed by atoms with Crippen molar-refractivity contribution in [1.29, 1.82) is 0 Å². The van der Waals surface area contributed by atoms with E-state index in [4.69, 9.17) is 4.98 Å². The van der Waals surface area contributed by atoms with Crippen LogP contribution < -0.4 is 4.90 Å². The fraction of sp³-hybridized carbons (Fsp3) is 0.344. The number of piperidine rings is 1. The highest BCUT2D eigenvalue weighted by molar-refractivity contribution is 7.09. The Morgan fingerprint density at radius 1 is 0.821 bits per heavy atom. The standard InChI is InChI=1S/C32H35N5OS/c38-31(28-17-10-18-37(24-28)32-33-29(34-39-32)23-25-11-4-1-5-12-25)36-21-19-35(20-22-36)30(26-13-6-2-7-14-26)27-15-8-3-9-16-27/h1-9,11-16,28,30H,10,17-24H2. The van der Waals surface area contributed by atoms with Crippen molar-refractivity contribution in [3.63, 3.8) is 0 Å². The highest BCUT2D eigenvalue weighted by Crippen LogP contribution is 2.31. The Hall–Kier alpha value is -3.55. The zero-order chi connectivity index (χ0) is 26.4. The van der Waals surface area contributed by atoms with Gasteiger partial charge in [0.2, 0.25) is 11.0 Å². The number of rotatable bonds is 7. The lowest BCUT2D eigenvalue weighted by Crippen LogP contribution is -2.53. The average Bonchev–Trinajstić information content (AvgIpc) is 3.47. The number of amides is 1. The van der Waals surface area contributed by atoms with Gasteiger partial charge in [-0.2, -0.15) is 4.37 Å². The molecule has 3 heterocycles. The molecule has 3 aromatic carbocycles. The molecule has 1 atom stereocenters. The van der Waals surface area contributed by atoms with Crippen molar-refractivity contribution in [2.75, 3.05) is 44.2 Å². The summed E-state index contributed by atoms with van der Waals surface area (Å²) in [7, 11) is 0. The van der Waals surface area contributed by atoms with Gasteiger partial charge in [0, 0.05) is 57.2 Å². The summed E-state index contributed by atoms with van der Waals surface area (Å²) in [6.45, 7) is 4.95. The van der Waals surface area contributed by atoms with Crippen molar-refractivity contribution in [3.8, 4) is 0 Å². The van der Waals surface area contributed by atoms with Crippen LogP contribution in [0, 0.1) is 5.92 Å². The Bertz CT molecular complexity index is 1300. The van der Waals surface area contributed by atoms with Crippen LogP contribution in [0.1, 0.15) is 41.4 Å². The number of benzene rings is 3. The first-order chi connectivity index (χ1) is 19.2. The third-order valence-corrected chi connectivity index (χ3v) is 8.74. The molecule has 1 amide bonds. The van der Waals surface area contributed by atoms with Gasteiger partial charge in [-0.1, -0.05) is 91.0 Å². The smallest absolute Gasteiger partial charge is 0.227 e. The van der Waals surface area contributed by atoms with Crippen molar-refractivity contribution in [2.45, 2.75) is 25.3 Å². The maximum atomic E-state index is 13.6. The monoisotopic (exact) mass is 537 g/mol. The van der Waals surface area contributed by atoms with Crippen LogP contribution in [0.5, 0.6) is 0 Å². The predicted molar refractivity (Wildman–Crippen MR) is 157 cm³/mol. The van der Waals surface area contributed by atoms with Crippen LogP contribution in [-0.4, -0.2) is 64.3 Å². The molecule has 0 bridgehead atoms. The summed E-state index contributed by atoms with van der Waals surface area (Å²) in [6, 6.07) is 32.0. The minimum Gasteiger partial charge on any atom is -0.346 e. The Kier molecular flexibility index (Phi) is 7.98. The molecule has 0 N–H and O–H groups in total. The summed E-state index contributed by atoms with van der Waals surface area (Å²) < 4.78 is 4.61. The Balaban J connectivity index is 1.08. The summed E-state index contributed by atoms with van der Waals surface area (Å²) in [5.41, 5.74) is 3.82. The first kappa shape index (κ1) is 25.7. The van der Waals surface area contributed by atoms with Gasteiger partial charge in [0.05, 0.1) is 12.0 Å². The number of hydrogen-bond donors (Lipinski definition) is 0. The third-order valence-electron chi connectivity index (χ3n) is 7.93. The fourth-order valence-electron chi connectivity index (χ4n) is 5.92. The molecular weight excluding hydrogens is 502 g/mol. The highest BCUT2D eigenvalue weighted by atomic mass is 32.1. The topological polar surface area (TPSA) is 52.6 Å². The van der Waals surface area contributed by atoms with Crippen LogP contribution in [0.25, 0.3) is 0 Å². The molecule has 6 nitrogen and oxygen atoms in total. The molecule has 6 rings (SSSR count). The lowest BCUT2D eigenvalue weighted by atomic mass is 9.95.